The molecule has 2 fully saturated rings. The average Bonchev–Trinajstić information content (AvgIpc) is 2.82. The number of nitrogens with zero attached hydrogens (tertiary/aromatic N) is 1. The van der Waals surface area contributed by atoms with Crippen molar-refractivity contribution >= 4 is 10.0 Å². The predicted molar refractivity (Wildman–Crippen MR) is 70.7 cm³/mol. The Morgan fingerprint density at radius 2 is 1.94 bits per heavy atom. The molecule has 18 heavy (non-hydrogen) atoms. The SMILES string of the molecule is NCCOCCS(=O)(=O)N1CCCC2CCCC21. The van der Waals surface area contributed by atoms with Crippen LogP contribution in [0, 0.1) is 5.92 Å². The largest absolute Gasteiger partial charge is 0.379 e. The van der Waals surface area contributed by atoms with Crippen LogP contribution in [0.1, 0.15) is 32.1 Å². The quantitative estimate of drug-likeness (QED) is 0.719. The molecule has 6 heteroatoms. The summed E-state index contributed by atoms with van der Waals surface area (Å²) in [6.07, 6.45) is 5.60. The summed E-state index contributed by atoms with van der Waals surface area (Å²) in [6.45, 7) is 1.82. The number of hydrogen-bond donors (Lipinski definition) is 1. The third kappa shape index (κ3) is 3.23. The molecule has 0 aromatic heterocycles. The highest BCUT2D eigenvalue weighted by molar-refractivity contribution is 7.89. The van der Waals surface area contributed by atoms with E-state index in [9.17, 15) is 8.42 Å². The summed E-state index contributed by atoms with van der Waals surface area (Å²) in [4.78, 5) is 0. The molecule has 0 amide bonds. The summed E-state index contributed by atoms with van der Waals surface area (Å²) in [7, 11) is -3.15. The first-order chi connectivity index (χ1) is 8.65. The molecule has 1 heterocycles. The van der Waals surface area contributed by atoms with Gasteiger partial charge < -0.3 is 10.5 Å². The van der Waals surface area contributed by atoms with Crippen LogP contribution < -0.4 is 5.73 Å². The smallest absolute Gasteiger partial charge is 0.216 e. The van der Waals surface area contributed by atoms with E-state index in [0.717, 1.165) is 12.8 Å². The van der Waals surface area contributed by atoms with Gasteiger partial charge in [-0.2, -0.15) is 4.31 Å². The first kappa shape index (κ1) is 14.2. The van der Waals surface area contributed by atoms with Gasteiger partial charge in [0, 0.05) is 19.1 Å². The molecule has 0 aromatic carbocycles. The molecule has 0 radical (unpaired) electrons. The van der Waals surface area contributed by atoms with Gasteiger partial charge in [-0.05, 0) is 31.6 Å². The second-order valence-electron chi connectivity index (χ2n) is 5.23. The van der Waals surface area contributed by atoms with E-state index < -0.39 is 10.0 Å². The fourth-order valence-corrected chi connectivity index (χ4v) is 4.88. The summed E-state index contributed by atoms with van der Waals surface area (Å²) in [5, 5.41) is 0. The van der Waals surface area contributed by atoms with Crippen molar-refractivity contribution in [2.45, 2.75) is 38.1 Å². The third-order valence-electron chi connectivity index (χ3n) is 4.05. The topological polar surface area (TPSA) is 72.6 Å². The van der Waals surface area contributed by atoms with E-state index in [0.29, 0.717) is 25.6 Å². The molecule has 2 unspecified atom stereocenters. The van der Waals surface area contributed by atoms with Crippen LogP contribution in [0.4, 0.5) is 0 Å². The maximum atomic E-state index is 12.3. The van der Waals surface area contributed by atoms with Crippen molar-refractivity contribution in [2.24, 2.45) is 11.7 Å². The van der Waals surface area contributed by atoms with Gasteiger partial charge in [-0.15, -0.1) is 0 Å². The van der Waals surface area contributed by atoms with Gasteiger partial charge in [0.05, 0.1) is 19.0 Å². The second-order valence-corrected chi connectivity index (χ2v) is 7.27. The Labute approximate surface area is 110 Å². The summed E-state index contributed by atoms with van der Waals surface area (Å²) in [5.41, 5.74) is 5.31. The van der Waals surface area contributed by atoms with Gasteiger partial charge in [-0.3, -0.25) is 0 Å². The molecule has 2 rings (SSSR count). The zero-order valence-electron chi connectivity index (χ0n) is 10.9. The average molecular weight is 276 g/mol. The molecule has 0 spiro atoms. The Balaban J connectivity index is 1.91. The number of sulfonamides is 1. The molecule has 1 aliphatic heterocycles. The minimum atomic E-state index is -3.15. The van der Waals surface area contributed by atoms with Crippen molar-refractivity contribution in [1.29, 1.82) is 0 Å². The molecule has 2 atom stereocenters. The van der Waals surface area contributed by atoms with Crippen molar-refractivity contribution in [3.63, 3.8) is 0 Å². The summed E-state index contributed by atoms with van der Waals surface area (Å²) < 4.78 is 31.6. The predicted octanol–water partition coefficient (Wildman–Crippen LogP) is 0.556. The third-order valence-corrected chi connectivity index (χ3v) is 5.90. The van der Waals surface area contributed by atoms with Crippen molar-refractivity contribution in [2.75, 3.05) is 32.1 Å². The minimum Gasteiger partial charge on any atom is -0.379 e. The van der Waals surface area contributed by atoms with Crippen LogP contribution in [0.15, 0.2) is 0 Å². The van der Waals surface area contributed by atoms with Crippen LogP contribution in [0.5, 0.6) is 0 Å². The van der Waals surface area contributed by atoms with Gasteiger partial charge in [0.15, 0.2) is 0 Å². The van der Waals surface area contributed by atoms with Gasteiger partial charge >= 0.3 is 0 Å². The lowest BCUT2D eigenvalue weighted by molar-refractivity contribution is 0.153. The standard InChI is InChI=1S/C12H24N2O3S/c13-6-8-17-9-10-18(15,16)14-7-2-4-11-3-1-5-12(11)14/h11-12H,1-10,13H2. The van der Waals surface area contributed by atoms with E-state index in [4.69, 9.17) is 10.5 Å². The molecule has 1 saturated carbocycles. The van der Waals surface area contributed by atoms with Gasteiger partial charge in [0.2, 0.25) is 10.0 Å². The number of ether oxygens (including phenoxy) is 1. The lowest BCUT2D eigenvalue weighted by Gasteiger charge is -2.36. The lowest BCUT2D eigenvalue weighted by atomic mass is 9.94. The number of fused-ring (bicyclic) bond motifs is 1. The fraction of sp³-hybridized carbons (Fsp3) is 1.00. The molecule has 106 valence electrons. The Morgan fingerprint density at radius 1 is 1.17 bits per heavy atom. The molecule has 2 N–H and O–H groups in total. The Morgan fingerprint density at radius 3 is 2.72 bits per heavy atom. The Kier molecular flexibility index (Phi) is 5.00. The Bertz CT molecular complexity index is 358. The molecule has 5 nitrogen and oxygen atoms in total. The van der Waals surface area contributed by atoms with E-state index in [2.05, 4.69) is 0 Å². The number of rotatable bonds is 6. The Hall–Kier alpha value is -0.170. The van der Waals surface area contributed by atoms with E-state index in [-0.39, 0.29) is 18.4 Å². The van der Waals surface area contributed by atoms with Crippen molar-refractivity contribution in [3.05, 3.63) is 0 Å². The van der Waals surface area contributed by atoms with Crippen molar-refractivity contribution in [1.82, 2.24) is 4.31 Å². The molecule has 2 aliphatic rings. The maximum absolute atomic E-state index is 12.3. The van der Waals surface area contributed by atoms with Gasteiger partial charge in [0.1, 0.15) is 0 Å². The van der Waals surface area contributed by atoms with Crippen LogP contribution in [0.25, 0.3) is 0 Å². The normalized spacial score (nSPS) is 29.4. The summed E-state index contributed by atoms with van der Waals surface area (Å²) >= 11 is 0. The fourth-order valence-electron chi connectivity index (χ4n) is 3.22. The minimum absolute atomic E-state index is 0.0935. The first-order valence-electron chi connectivity index (χ1n) is 6.92. The summed E-state index contributed by atoms with van der Waals surface area (Å²) in [6, 6.07) is 0.262. The lowest BCUT2D eigenvalue weighted by Crippen LogP contribution is -2.47. The highest BCUT2D eigenvalue weighted by Crippen LogP contribution is 2.38. The van der Waals surface area contributed by atoms with Gasteiger partial charge in [-0.25, -0.2) is 8.42 Å². The zero-order valence-corrected chi connectivity index (χ0v) is 11.7. The molecule has 1 saturated heterocycles. The van der Waals surface area contributed by atoms with Gasteiger partial charge in [-0.1, -0.05) is 6.42 Å². The van der Waals surface area contributed by atoms with Crippen LogP contribution in [0.2, 0.25) is 0 Å². The molecular weight excluding hydrogens is 252 g/mol. The van der Waals surface area contributed by atoms with Crippen LogP contribution in [0.3, 0.4) is 0 Å². The molecule has 0 bridgehead atoms. The summed E-state index contributed by atoms with van der Waals surface area (Å²) in [5.74, 6) is 0.689. The highest BCUT2D eigenvalue weighted by Gasteiger charge is 2.40. The van der Waals surface area contributed by atoms with Crippen molar-refractivity contribution < 1.29 is 13.2 Å². The van der Waals surface area contributed by atoms with Crippen LogP contribution >= 0.6 is 0 Å². The number of piperidine rings is 1. The van der Waals surface area contributed by atoms with Gasteiger partial charge in [0.25, 0.3) is 0 Å². The van der Waals surface area contributed by atoms with E-state index in [1.807, 2.05) is 0 Å². The van der Waals surface area contributed by atoms with E-state index >= 15 is 0 Å². The first-order valence-corrected chi connectivity index (χ1v) is 8.53. The highest BCUT2D eigenvalue weighted by atomic mass is 32.2. The molecular formula is C12H24N2O3S. The van der Waals surface area contributed by atoms with E-state index in [1.54, 1.807) is 4.31 Å². The van der Waals surface area contributed by atoms with E-state index in [1.165, 1.54) is 19.3 Å². The second kappa shape index (κ2) is 6.32. The zero-order chi connectivity index (χ0) is 13.0. The number of hydrogen-bond acceptors (Lipinski definition) is 4. The number of nitrogens with two attached hydrogens (primary N) is 1. The molecule has 0 aromatic rings. The van der Waals surface area contributed by atoms with Crippen LogP contribution in [-0.2, 0) is 14.8 Å². The monoisotopic (exact) mass is 276 g/mol. The van der Waals surface area contributed by atoms with Crippen molar-refractivity contribution in [3.8, 4) is 0 Å². The maximum Gasteiger partial charge on any atom is 0.216 e. The molecule has 1 aliphatic carbocycles. The van der Waals surface area contributed by atoms with Crippen LogP contribution in [-0.4, -0.2) is 50.8 Å².